The first-order valence-corrected chi connectivity index (χ1v) is 8.25. The van der Waals surface area contributed by atoms with Gasteiger partial charge in [0.15, 0.2) is 0 Å². The highest BCUT2D eigenvalue weighted by molar-refractivity contribution is 5.23. The van der Waals surface area contributed by atoms with Crippen LogP contribution >= 0.6 is 0 Å². The molecule has 0 aliphatic carbocycles. The molecular formula is C18H23N3O3. The second kappa shape index (κ2) is 7.15. The van der Waals surface area contributed by atoms with Crippen LogP contribution in [0.15, 0.2) is 47.4 Å². The number of anilines is 1. The number of rotatable bonds is 5. The fraction of sp³-hybridized carbons (Fsp3) is 0.444. The third-order valence-electron chi connectivity index (χ3n) is 4.46. The van der Waals surface area contributed by atoms with Gasteiger partial charge in [0.1, 0.15) is 12.0 Å². The van der Waals surface area contributed by atoms with Crippen LogP contribution in [0.1, 0.15) is 32.1 Å². The Kier molecular flexibility index (Phi) is 4.97. The van der Waals surface area contributed by atoms with Gasteiger partial charge >= 0.3 is 5.69 Å². The van der Waals surface area contributed by atoms with Crippen LogP contribution in [0.25, 0.3) is 0 Å². The van der Waals surface area contributed by atoms with E-state index in [4.69, 9.17) is 15.2 Å². The minimum Gasteiger partial charge on any atom is -0.383 e. The molecule has 1 aromatic heterocycles. The van der Waals surface area contributed by atoms with Crippen LogP contribution in [0.5, 0.6) is 0 Å². The first kappa shape index (κ1) is 16.7. The van der Waals surface area contributed by atoms with Gasteiger partial charge in [-0.15, -0.1) is 0 Å². The SMILES string of the molecule is CC[C@H]1O[C@@H](n2ccc(N)nc2=O)[C@H](C)C1OCc1ccccc1. The lowest BCUT2D eigenvalue weighted by molar-refractivity contribution is -0.0448. The molecule has 1 aromatic carbocycles. The molecule has 24 heavy (non-hydrogen) atoms. The maximum absolute atomic E-state index is 12.1. The summed E-state index contributed by atoms with van der Waals surface area (Å²) in [6, 6.07) is 11.6. The minimum atomic E-state index is -0.398. The Labute approximate surface area is 141 Å². The van der Waals surface area contributed by atoms with E-state index >= 15 is 0 Å². The lowest BCUT2D eigenvalue weighted by atomic mass is 10.00. The highest BCUT2D eigenvalue weighted by Crippen LogP contribution is 2.37. The molecule has 2 aromatic rings. The normalized spacial score (nSPS) is 26.6. The molecule has 0 bridgehead atoms. The van der Waals surface area contributed by atoms with Crippen molar-refractivity contribution in [1.82, 2.24) is 9.55 Å². The zero-order valence-electron chi connectivity index (χ0n) is 14.0. The van der Waals surface area contributed by atoms with Gasteiger partial charge in [0.25, 0.3) is 0 Å². The molecule has 0 spiro atoms. The first-order valence-electron chi connectivity index (χ1n) is 8.25. The predicted octanol–water partition coefficient (Wildman–Crippen LogP) is 2.35. The highest BCUT2D eigenvalue weighted by Gasteiger charge is 2.43. The highest BCUT2D eigenvalue weighted by atomic mass is 16.6. The average molecular weight is 329 g/mol. The topological polar surface area (TPSA) is 79.4 Å². The van der Waals surface area contributed by atoms with E-state index in [2.05, 4.69) is 11.9 Å². The summed E-state index contributed by atoms with van der Waals surface area (Å²) in [5.41, 5.74) is 6.29. The number of aromatic nitrogens is 2. The van der Waals surface area contributed by atoms with Gasteiger partial charge in [0.2, 0.25) is 0 Å². The Hall–Kier alpha value is -2.18. The quantitative estimate of drug-likeness (QED) is 0.911. The summed E-state index contributed by atoms with van der Waals surface area (Å²) in [6.45, 7) is 4.62. The van der Waals surface area contributed by atoms with E-state index in [1.807, 2.05) is 37.3 Å². The standard InChI is InChI=1S/C18H23N3O3/c1-3-14-16(23-11-13-7-5-4-6-8-13)12(2)17(24-14)21-10-9-15(19)20-18(21)22/h4-10,12,14,16-17H,3,11H2,1-2H3,(H2,19,20,22)/t12-,14-,16?,17-/m1/s1. The fourth-order valence-corrected chi connectivity index (χ4v) is 3.17. The summed E-state index contributed by atoms with van der Waals surface area (Å²) in [7, 11) is 0. The van der Waals surface area contributed by atoms with E-state index < -0.39 is 11.9 Å². The molecule has 0 saturated carbocycles. The van der Waals surface area contributed by atoms with Gasteiger partial charge < -0.3 is 15.2 Å². The van der Waals surface area contributed by atoms with Crippen molar-refractivity contribution in [3.05, 3.63) is 58.6 Å². The van der Waals surface area contributed by atoms with Crippen molar-refractivity contribution in [1.29, 1.82) is 0 Å². The van der Waals surface area contributed by atoms with Gasteiger partial charge in [-0.05, 0) is 18.1 Å². The van der Waals surface area contributed by atoms with E-state index in [1.165, 1.54) is 4.57 Å². The summed E-state index contributed by atoms with van der Waals surface area (Å²) in [5.74, 6) is 0.243. The first-order chi connectivity index (χ1) is 11.6. The largest absolute Gasteiger partial charge is 0.383 e. The predicted molar refractivity (Wildman–Crippen MR) is 91.3 cm³/mol. The number of ether oxygens (including phenoxy) is 2. The van der Waals surface area contributed by atoms with E-state index in [-0.39, 0.29) is 23.9 Å². The molecule has 0 radical (unpaired) electrons. The second-order valence-electron chi connectivity index (χ2n) is 6.14. The van der Waals surface area contributed by atoms with Crippen molar-refractivity contribution in [2.24, 2.45) is 5.92 Å². The van der Waals surface area contributed by atoms with Crippen molar-refractivity contribution in [2.75, 3.05) is 5.73 Å². The number of nitrogens with zero attached hydrogens (tertiary/aromatic N) is 2. The molecule has 6 heteroatoms. The van der Waals surface area contributed by atoms with E-state index in [1.54, 1.807) is 12.3 Å². The Balaban J connectivity index is 1.76. The third kappa shape index (κ3) is 3.34. The van der Waals surface area contributed by atoms with Gasteiger partial charge in [0.05, 0.1) is 18.8 Å². The number of hydrogen-bond donors (Lipinski definition) is 1. The van der Waals surface area contributed by atoms with Crippen molar-refractivity contribution in [2.45, 2.75) is 45.3 Å². The Morgan fingerprint density at radius 3 is 2.71 bits per heavy atom. The molecule has 6 nitrogen and oxygen atoms in total. The van der Waals surface area contributed by atoms with Crippen LogP contribution in [0.3, 0.4) is 0 Å². The van der Waals surface area contributed by atoms with Crippen molar-refractivity contribution in [3.8, 4) is 0 Å². The fourth-order valence-electron chi connectivity index (χ4n) is 3.17. The molecule has 1 fully saturated rings. The molecule has 3 rings (SSSR count). The molecule has 1 saturated heterocycles. The molecule has 1 unspecified atom stereocenters. The smallest absolute Gasteiger partial charge is 0.351 e. The zero-order valence-corrected chi connectivity index (χ0v) is 14.0. The van der Waals surface area contributed by atoms with Crippen LogP contribution < -0.4 is 11.4 Å². The van der Waals surface area contributed by atoms with E-state index in [0.29, 0.717) is 6.61 Å². The molecule has 2 heterocycles. The van der Waals surface area contributed by atoms with Crippen molar-refractivity contribution in [3.63, 3.8) is 0 Å². The summed E-state index contributed by atoms with van der Waals surface area (Å²) < 4.78 is 13.7. The van der Waals surface area contributed by atoms with Crippen LogP contribution in [0.4, 0.5) is 5.82 Å². The molecule has 1 aliphatic rings. The second-order valence-corrected chi connectivity index (χ2v) is 6.14. The van der Waals surface area contributed by atoms with Gasteiger partial charge in [-0.1, -0.05) is 44.2 Å². The Morgan fingerprint density at radius 2 is 2.04 bits per heavy atom. The van der Waals surface area contributed by atoms with Crippen molar-refractivity contribution < 1.29 is 9.47 Å². The maximum atomic E-state index is 12.1. The molecule has 0 amide bonds. The zero-order chi connectivity index (χ0) is 17.1. The van der Waals surface area contributed by atoms with Crippen LogP contribution in [-0.4, -0.2) is 21.8 Å². The molecule has 1 aliphatic heterocycles. The van der Waals surface area contributed by atoms with Crippen LogP contribution in [0, 0.1) is 5.92 Å². The molecule has 2 N–H and O–H groups in total. The van der Waals surface area contributed by atoms with E-state index in [9.17, 15) is 4.79 Å². The molecular weight excluding hydrogens is 306 g/mol. The van der Waals surface area contributed by atoms with Gasteiger partial charge in [0, 0.05) is 12.1 Å². The van der Waals surface area contributed by atoms with Crippen LogP contribution in [0.2, 0.25) is 0 Å². The van der Waals surface area contributed by atoms with Crippen molar-refractivity contribution >= 4 is 5.82 Å². The monoisotopic (exact) mass is 329 g/mol. The Morgan fingerprint density at radius 1 is 1.29 bits per heavy atom. The lowest BCUT2D eigenvalue weighted by Gasteiger charge is -2.21. The summed E-state index contributed by atoms with van der Waals surface area (Å²) >= 11 is 0. The van der Waals surface area contributed by atoms with Crippen LogP contribution in [-0.2, 0) is 16.1 Å². The number of nitrogen functional groups attached to an aromatic ring is 1. The summed E-state index contributed by atoms with van der Waals surface area (Å²) in [6.07, 6.45) is 1.93. The molecule has 4 atom stereocenters. The Bertz CT molecular complexity index is 732. The number of nitrogens with two attached hydrogens (primary N) is 1. The van der Waals surface area contributed by atoms with Gasteiger partial charge in [-0.3, -0.25) is 4.57 Å². The number of benzene rings is 1. The number of hydrogen-bond acceptors (Lipinski definition) is 5. The lowest BCUT2D eigenvalue weighted by Crippen LogP contribution is -2.31. The third-order valence-corrected chi connectivity index (χ3v) is 4.46. The molecule has 128 valence electrons. The maximum Gasteiger partial charge on any atom is 0.351 e. The van der Waals surface area contributed by atoms with Gasteiger partial charge in [-0.2, -0.15) is 4.98 Å². The van der Waals surface area contributed by atoms with E-state index in [0.717, 1.165) is 12.0 Å². The summed E-state index contributed by atoms with van der Waals surface area (Å²) in [4.78, 5) is 15.9. The average Bonchev–Trinajstić information content (AvgIpc) is 2.90. The van der Waals surface area contributed by atoms with Gasteiger partial charge in [-0.25, -0.2) is 4.79 Å². The summed E-state index contributed by atoms with van der Waals surface area (Å²) in [5, 5.41) is 0. The minimum absolute atomic E-state index is 0.0294.